The lowest BCUT2D eigenvalue weighted by Gasteiger charge is -2.27. The van der Waals surface area contributed by atoms with Crippen LogP contribution in [0.2, 0.25) is 0 Å². The lowest BCUT2D eigenvalue weighted by atomic mass is 10.2. The van der Waals surface area contributed by atoms with Crippen molar-refractivity contribution in [3.05, 3.63) is 12.4 Å². The van der Waals surface area contributed by atoms with Gasteiger partial charge in [0.25, 0.3) is 0 Å². The summed E-state index contributed by atoms with van der Waals surface area (Å²) < 4.78 is 0. The van der Waals surface area contributed by atoms with Crippen LogP contribution in [0.4, 0.5) is 11.6 Å². The summed E-state index contributed by atoms with van der Waals surface area (Å²) in [6.07, 6.45) is 5.43. The third kappa shape index (κ3) is 2.79. The van der Waals surface area contributed by atoms with Gasteiger partial charge in [0.1, 0.15) is 18.0 Å². The number of hydrazine groups is 1. The normalized spacial score (nSPS) is 17.4. The van der Waals surface area contributed by atoms with Crippen LogP contribution in [0.15, 0.2) is 12.4 Å². The van der Waals surface area contributed by atoms with E-state index >= 15 is 0 Å². The highest BCUT2D eigenvalue weighted by atomic mass is 15.5. The Labute approximate surface area is 89.9 Å². The monoisotopic (exact) mass is 207 g/mol. The maximum Gasteiger partial charge on any atom is 0.145 e. The van der Waals surface area contributed by atoms with Gasteiger partial charge in [-0.1, -0.05) is 6.42 Å². The molecule has 1 aliphatic heterocycles. The van der Waals surface area contributed by atoms with Crippen LogP contribution in [0.5, 0.6) is 0 Å². The smallest absolute Gasteiger partial charge is 0.145 e. The summed E-state index contributed by atoms with van der Waals surface area (Å²) in [5.74, 6) is 1.70. The van der Waals surface area contributed by atoms with E-state index < -0.39 is 0 Å². The molecule has 82 valence electrons. The fraction of sp³-hybridized carbons (Fsp3) is 0.600. The van der Waals surface area contributed by atoms with Crippen LogP contribution in [-0.4, -0.2) is 35.1 Å². The third-order valence-electron chi connectivity index (χ3n) is 2.55. The number of piperidine rings is 1. The number of aromatic nitrogens is 2. The van der Waals surface area contributed by atoms with E-state index in [0.717, 1.165) is 24.7 Å². The molecule has 1 aliphatic rings. The Morgan fingerprint density at radius 1 is 1.13 bits per heavy atom. The van der Waals surface area contributed by atoms with Crippen LogP contribution in [0.25, 0.3) is 0 Å². The first kappa shape index (κ1) is 10.2. The van der Waals surface area contributed by atoms with Gasteiger partial charge < -0.3 is 10.7 Å². The van der Waals surface area contributed by atoms with Gasteiger partial charge in [0.05, 0.1) is 0 Å². The summed E-state index contributed by atoms with van der Waals surface area (Å²) in [7, 11) is 1.85. The zero-order chi connectivity index (χ0) is 10.5. The van der Waals surface area contributed by atoms with Crippen molar-refractivity contribution in [2.75, 3.05) is 30.9 Å². The van der Waals surface area contributed by atoms with E-state index in [0.29, 0.717) is 0 Å². The molecule has 1 fully saturated rings. The molecule has 2 heterocycles. The average molecular weight is 207 g/mol. The topological polar surface area (TPSA) is 53.1 Å². The second-order valence-electron chi connectivity index (χ2n) is 3.70. The molecule has 0 bridgehead atoms. The SMILES string of the molecule is CNc1cc(NN2CCCCC2)ncn1. The first-order chi connectivity index (χ1) is 7.38. The van der Waals surface area contributed by atoms with Crippen LogP contribution in [0.3, 0.4) is 0 Å². The van der Waals surface area contributed by atoms with Crippen molar-refractivity contribution in [2.45, 2.75) is 19.3 Å². The van der Waals surface area contributed by atoms with E-state index in [4.69, 9.17) is 0 Å². The molecule has 1 saturated heterocycles. The highest BCUT2D eigenvalue weighted by Crippen LogP contribution is 2.12. The van der Waals surface area contributed by atoms with Gasteiger partial charge in [0.15, 0.2) is 0 Å². The minimum atomic E-state index is 0.838. The molecule has 0 aliphatic carbocycles. The van der Waals surface area contributed by atoms with Crippen molar-refractivity contribution in [1.29, 1.82) is 0 Å². The van der Waals surface area contributed by atoms with Crippen molar-refractivity contribution in [2.24, 2.45) is 0 Å². The number of nitrogens with zero attached hydrogens (tertiary/aromatic N) is 3. The van der Waals surface area contributed by atoms with Crippen molar-refractivity contribution in [3.63, 3.8) is 0 Å². The van der Waals surface area contributed by atoms with E-state index in [1.165, 1.54) is 19.3 Å². The van der Waals surface area contributed by atoms with Crippen molar-refractivity contribution < 1.29 is 0 Å². The minimum Gasteiger partial charge on any atom is -0.373 e. The zero-order valence-electron chi connectivity index (χ0n) is 9.03. The quantitative estimate of drug-likeness (QED) is 0.783. The minimum absolute atomic E-state index is 0.838. The van der Waals surface area contributed by atoms with Gasteiger partial charge in [-0.25, -0.2) is 15.0 Å². The van der Waals surface area contributed by atoms with Crippen molar-refractivity contribution in [1.82, 2.24) is 15.0 Å². The Kier molecular flexibility index (Phi) is 3.34. The summed E-state index contributed by atoms with van der Waals surface area (Å²) in [5.41, 5.74) is 3.30. The van der Waals surface area contributed by atoms with E-state index in [9.17, 15) is 0 Å². The Morgan fingerprint density at radius 2 is 1.87 bits per heavy atom. The number of anilines is 2. The van der Waals surface area contributed by atoms with Gasteiger partial charge in [0, 0.05) is 26.2 Å². The first-order valence-electron chi connectivity index (χ1n) is 5.40. The van der Waals surface area contributed by atoms with Crippen LogP contribution in [0, 0.1) is 0 Å². The molecule has 0 aromatic carbocycles. The molecule has 2 N–H and O–H groups in total. The van der Waals surface area contributed by atoms with Gasteiger partial charge in [-0.2, -0.15) is 0 Å². The maximum atomic E-state index is 4.18. The molecular formula is C10H17N5. The molecule has 0 atom stereocenters. The van der Waals surface area contributed by atoms with E-state index in [-0.39, 0.29) is 0 Å². The lowest BCUT2D eigenvalue weighted by Crippen LogP contribution is -2.35. The Balaban J connectivity index is 1.96. The Bertz CT molecular complexity index is 308. The van der Waals surface area contributed by atoms with Gasteiger partial charge >= 0.3 is 0 Å². The summed E-state index contributed by atoms with van der Waals surface area (Å²) in [6, 6.07) is 1.91. The standard InChI is InChI=1S/C10H17N5/c1-11-9-7-10(13-8-12-9)14-15-5-3-2-4-6-15/h7-8H,2-6H2,1H3,(H2,11,12,13,14). The number of hydrogen-bond acceptors (Lipinski definition) is 5. The molecule has 1 aromatic rings. The molecule has 2 rings (SSSR count). The molecule has 0 spiro atoms. The van der Waals surface area contributed by atoms with Crippen LogP contribution in [0.1, 0.15) is 19.3 Å². The number of hydrogen-bond donors (Lipinski definition) is 2. The summed E-state index contributed by atoms with van der Waals surface area (Å²) in [4.78, 5) is 8.25. The van der Waals surface area contributed by atoms with E-state index in [2.05, 4.69) is 25.7 Å². The Morgan fingerprint density at radius 3 is 2.60 bits per heavy atom. The Hall–Kier alpha value is -1.36. The fourth-order valence-electron chi connectivity index (χ4n) is 1.72. The molecule has 1 aromatic heterocycles. The molecule has 0 saturated carbocycles. The molecule has 5 nitrogen and oxygen atoms in total. The van der Waals surface area contributed by atoms with Gasteiger partial charge in [0.2, 0.25) is 0 Å². The highest BCUT2D eigenvalue weighted by molar-refractivity contribution is 5.45. The second kappa shape index (κ2) is 4.93. The van der Waals surface area contributed by atoms with E-state index in [1.807, 2.05) is 13.1 Å². The summed E-state index contributed by atoms with van der Waals surface area (Å²) in [6.45, 7) is 2.19. The largest absolute Gasteiger partial charge is 0.373 e. The summed E-state index contributed by atoms with van der Waals surface area (Å²) >= 11 is 0. The van der Waals surface area contributed by atoms with Gasteiger partial charge in [-0.3, -0.25) is 0 Å². The van der Waals surface area contributed by atoms with Crippen LogP contribution < -0.4 is 10.7 Å². The zero-order valence-corrected chi connectivity index (χ0v) is 9.03. The lowest BCUT2D eigenvalue weighted by molar-refractivity contribution is 0.272. The molecule has 0 amide bonds. The third-order valence-corrected chi connectivity index (χ3v) is 2.55. The molecule has 15 heavy (non-hydrogen) atoms. The van der Waals surface area contributed by atoms with Crippen LogP contribution in [-0.2, 0) is 0 Å². The number of nitrogens with one attached hydrogen (secondary N) is 2. The highest BCUT2D eigenvalue weighted by Gasteiger charge is 2.10. The molecular weight excluding hydrogens is 190 g/mol. The van der Waals surface area contributed by atoms with Crippen molar-refractivity contribution >= 4 is 11.6 Å². The van der Waals surface area contributed by atoms with Gasteiger partial charge in [-0.05, 0) is 12.8 Å². The van der Waals surface area contributed by atoms with Crippen molar-refractivity contribution in [3.8, 4) is 0 Å². The predicted molar refractivity (Wildman–Crippen MR) is 60.6 cm³/mol. The fourth-order valence-corrected chi connectivity index (χ4v) is 1.72. The van der Waals surface area contributed by atoms with E-state index in [1.54, 1.807) is 6.33 Å². The summed E-state index contributed by atoms with van der Waals surface area (Å²) in [5, 5.41) is 5.21. The maximum absolute atomic E-state index is 4.18. The molecule has 5 heteroatoms. The van der Waals surface area contributed by atoms with Gasteiger partial charge in [-0.15, -0.1) is 0 Å². The number of rotatable bonds is 3. The second-order valence-corrected chi connectivity index (χ2v) is 3.70. The molecule has 0 unspecified atom stereocenters. The van der Waals surface area contributed by atoms with Crippen LogP contribution >= 0.6 is 0 Å². The average Bonchev–Trinajstić information content (AvgIpc) is 2.31. The first-order valence-corrected chi connectivity index (χ1v) is 5.40. The molecule has 0 radical (unpaired) electrons. The predicted octanol–water partition coefficient (Wildman–Crippen LogP) is 1.33.